The summed E-state index contributed by atoms with van der Waals surface area (Å²) in [4.78, 5) is 15.7. The molecule has 4 N–H and O–H groups in total. The molecule has 0 saturated heterocycles. The van der Waals surface area contributed by atoms with Crippen LogP contribution in [0, 0.1) is 23.2 Å². The van der Waals surface area contributed by atoms with Gasteiger partial charge in [0.05, 0.1) is 6.04 Å². The lowest BCUT2D eigenvalue weighted by atomic mass is 9.37. The number of aromatic hydroxyl groups is 1. The summed E-state index contributed by atoms with van der Waals surface area (Å²) in [5.41, 5.74) is 7.95. The Morgan fingerprint density at radius 1 is 1.32 bits per heavy atom. The number of ether oxygens (including phenoxy) is 2. The Morgan fingerprint density at radius 3 is 2.74 bits per heavy atom. The van der Waals surface area contributed by atoms with Gasteiger partial charge in [-0.3, -0.25) is 9.69 Å². The van der Waals surface area contributed by atoms with Gasteiger partial charge in [0.1, 0.15) is 11.7 Å². The molecule has 7 nitrogen and oxygen atoms in total. The first kappa shape index (κ1) is 26.4. The largest absolute Gasteiger partial charge is 0.504 e. The number of carbonyl (C=O) groups excluding carboxylic acids is 1. The van der Waals surface area contributed by atoms with E-state index in [1.54, 1.807) is 7.11 Å². The van der Waals surface area contributed by atoms with Crippen LogP contribution >= 0.6 is 0 Å². The van der Waals surface area contributed by atoms with Gasteiger partial charge in [-0.25, -0.2) is 0 Å². The van der Waals surface area contributed by atoms with Crippen molar-refractivity contribution in [1.29, 1.82) is 0 Å². The minimum Gasteiger partial charge on any atom is -0.504 e. The molecule has 1 amide bonds. The molecule has 38 heavy (non-hydrogen) atoms. The predicted octanol–water partition coefficient (Wildman–Crippen LogP) is 3.74. The van der Waals surface area contributed by atoms with Crippen molar-refractivity contribution in [2.75, 3.05) is 26.7 Å². The van der Waals surface area contributed by atoms with Crippen molar-refractivity contribution in [3.05, 3.63) is 23.3 Å². The van der Waals surface area contributed by atoms with Crippen LogP contribution in [0.2, 0.25) is 0 Å². The number of nitrogens with zero attached hydrogens (tertiary/aromatic N) is 1. The Hall–Kier alpha value is -1.83. The molecule has 7 rings (SSSR count). The smallest absolute Gasteiger partial charge is 0.236 e. The topological polar surface area (TPSA) is 97.0 Å². The van der Waals surface area contributed by atoms with Crippen molar-refractivity contribution in [3.8, 4) is 11.5 Å². The summed E-state index contributed by atoms with van der Waals surface area (Å²) in [6.45, 7) is 11.6. The number of rotatable bonds is 10. The fourth-order valence-electron chi connectivity index (χ4n) is 9.32. The van der Waals surface area contributed by atoms with Crippen LogP contribution in [0.15, 0.2) is 12.1 Å². The molecule has 1 aliphatic heterocycles. The van der Waals surface area contributed by atoms with E-state index in [1.165, 1.54) is 24.0 Å². The maximum absolute atomic E-state index is 13.0. The molecule has 5 aliphatic carbocycles. The van der Waals surface area contributed by atoms with E-state index in [0.29, 0.717) is 30.7 Å². The predicted molar refractivity (Wildman–Crippen MR) is 147 cm³/mol. The van der Waals surface area contributed by atoms with E-state index in [0.717, 1.165) is 44.7 Å². The van der Waals surface area contributed by atoms with Crippen molar-refractivity contribution in [3.63, 3.8) is 0 Å². The first-order valence-electron chi connectivity index (χ1n) is 15.0. The molecule has 1 heterocycles. The number of methoxy groups -OCH3 is 1. The molecule has 4 fully saturated rings. The van der Waals surface area contributed by atoms with Crippen LogP contribution in [0.4, 0.5) is 0 Å². The number of phenols is 1. The number of likely N-dealkylation sites (N-methyl/N-ethyl adjacent to an activating group) is 1. The Morgan fingerprint density at radius 2 is 2.08 bits per heavy atom. The molecule has 2 bridgehead atoms. The molecule has 0 radical (unpaired) electrons. The zero-order chi connectivity index (χ0) is 27.0. The summed E-state index contributed by atoms with van der Waals surface area (Å²) in [6, 6.07) is 3.84. The van der Waals surface area contributed by atoms with Crippen LogP contribution in [0.3, 0.4) is 0 Å². The molecule has 4 saturated carbocycles. The minimum absolute atomic E-state index is 0.0235. The monoisotopic (exact) mass is 525 g/mol. The maximum Gasteiger partial charge on any atom is 0.236 e. The Labute approximate surface area is 227 Å². The Kier molecular flexibility index (Phi) is 6.32. The van der Waals surface area contributed by atoms with Gasteiger partial charge in [-0.1, -0.05) is 33.8 Å². The lowest BCUT2D eigenvalue weighted by Gasteiger charge is -2.71. The summed E-state index contributed by atoms with van der Waals surface area (Å²) in [7, 11) is 1.81. The first-order chi connectivity index (χ1) is 18.1. The van der Waals surface area contributed by atoms with Crippen molar-refractivity contribution in [2.45, 2.75) is 102 Å². The fourth-order valence-corrected chi connectivity index (χ4v) is 9.32. The highest BCUT2D eigenvalue weighted by Gasteiger charge is 2.78. The summed E-state index contributed by atoms with van der Waals surface area (Å²) < 4.78 is 13.3. The zero-order valence-corrected chi connectivity index (χ0v) is 23.9. The third-order valence-electron chi connectivity index (χ3n) is 11.3. The number of hydrogen-bond acceptors (Lipinski definition) is 6. The van der Waals surface area contributed by atoms with Gasteiger partial charge in [0.15, 0.2) is 11.5 Å². The average Bonchev–Trinajstić information content (AvgIpc) is 3.65. The van der Waals surface area contributed by atoms with E-state index >= 15 is 0 Å². The highest BCUT2D eigenvalue weighted by atomic mass is 16.6. The molecule has 1 spiro atoms. The van der Waals surface area contributed by atoms with E-state index in [1.807, 2.05) is 6.07 Å². The maximum atomic E-state index is 13.0. The van der Waals surface area contributed by atoms with Gasteiger partial charge in [-0.15, -0.1) is 0 Å². The molecule has 210 valence electrons. The van der Waals surface area contributed by atoms with Gasteiger partial charge in [-0.2, -0.15) is 0 Å². The molecule has 1 aromatic carbocycles. The number of nitrogens with two attached hydrogens (primary N) is 1. The fraction of sp³-hybridized carbons (Fsp3) is 0.774. The van der Waals surface area contributed by atoms with Gasteiger partial charge >= 0.3 is 0 Å². The molecular formula is C31H47N3O4. The quantitative estimate of drug-likeness (QED) is 0.431. The second-order valence-corrected chi connectivity index (χ2v) is 13.6. The van der Waals surface area contributed by atoms with E-state index in [9.17, 15) is 9.90 Å². The molecule has 7 atom stereocenters. The molecule has 1 aromatic rings. The summed E-state index contributed by atoms with van der Waals surface area (Å²) in [5, 5.41) is 14.2. The second-order valence-electron chi connectivity index (χ2n) is 13.6. The van der Waals surface area contributed by atoms with E-state index in [-0.39, 0.29) is 34.5 Å². The normalized spacial score (nSPS) is 37.3. The van der Waals surface area contributed by atoms with Crippen molar-refractivity contribution < 1.29 is 19.4 Å². The zero-order valence-electron chi connectivity index (χ0n) is 23.9. The van der Waals surface area contributed by atoms with Crippen LogP contribution in [-0.2, 0) is 21.4 Å². The van der Waals surface area contributed by atoms with Gasteiger partial charge in [0.2, 0.25) is 5.91 Å². The Balaban J connectivity index is 1.41. The van der Waals surface area contributed by atoms with Gasteiger partial charge in [-0.05, 0) is 80.4 Å². The number of carbonyl (C=O) groups is 1. The highest BCUT2D eigenvalue weighted by Crippen LogP contribution is 2.74. The number of fused-ring (bicyclic) bond motifs is 2. The minimum atomic E-state index is -0.538. The van der Waals surface area contributed by atoms with E-state index < -0.39 is 11.6 Å². The average molecular weight is 526 g/mol. The second kappa shape index (κ2) is 9.10. The lowest BCUT2D eigenvalue weighted by Crippen LogP contribution is -2.78. The number of phenolic OH excluding ortho intramolecular Hbond substituents is 1. The van der Waals surface area contributed by atoms with Crippen LogP contribution < -0.4 is 15.8 Å². The third kappa shape index (κ3) is 3.53. The van der Waals surface area contributed by atoms with Crippen molar-refractivity contribution >= 4 is 5.91 Å². The molecule has 0 unspecified atom stereocenters. The molecule has 7 heteroatoms. The van der Waals surface area contributed by atoms with E-state index in [4.69, 9.17) is 15.2 Å². The van der Waals surface area contributed by atoms with Gasteiger partial charge < -0.3 is 25.6 Å². The molecule has 0 aromatic heterocycles. The first-order valence-corrected chi connectivity index (χ1v) is 15.0. The summed E-state index contributed by atoms with van der Waals surface area (Å²) >= 11 is 0. The molecule has 6 aliphatic rings. The summed E-state index contributed by atoms with van der Waals surface area (Å²) in [5.74, 6) is 2.10. The number of hydrogen-bond donors (Lipinski definition) is 3. The highest BCUT2D eigenvalue weighted by molar-refractivity contribution is 5.81. The number of amides is 1. The number of benzene rings is 1. The van der Waals surface area contributed by atoms with Crippen molar-refractivity contribution in [1.82, 2.24) is 10.2 Å². The SMILES string of the molecule is CCN(CC1CC1)[C@@H]1Cc2ccc(O)c3c2[C@@]2(C)[C@@H](O3)[C@@]3(OC)CC[C@@]12C[C@@H]3CNC(=O)[C@@H](N)CC(C)C. The van der Waals surface area contributed by atoms with Crippen molar-refractivity contribution in [2.24, 2.45) is 28.9 Å². The van der Waals surface area contributed by atoms with Crippen LogP contribution in [0.25, 0.3) is 0 Å². The summed E-state index contributed by atoms with van der Waals surface area (Å²) in [6.07, 6.45) is 7.05. The molecular weight excluding hydrogens is 478 g/mol. The third-order valence-corrected chi connectivity index (χ3v) is 11.3. The van der Waals surface area contributed by atoms with Gasteiger partial charge in [0, 0.05) is 43.1 Å². The Bertz CT molecular complexity index is 1100. The van der Waals surface area contributed by atoms with Crippen LogP contribution in [-0.4, -0.2) is 66.4 Å². The van der Waals surface area contributed by atoms with Crippen LogP contribution in [0.5, 0.6) is 11.5 Å². The lowest BCUT2D eigenvalue weighted by molar-refractivity contribution is -0.258. The standard InChI is InChI=1S/C31H47N3O4/c1-6-34(17-19-7-8-19)24-14-20-9-10-23(35)26-25(20)29(4)28(38-26)31(37-5)12-11-30(24,29)15-21(31)16-33-27(36)22(32)13-18(2)3/h9-10,18-19,21-22,24,28,35H,6-8,11-17,32H2,1-5H3,(H,33,36)/t21-,22+,24-,28-,29+,30-,31-/m1/s1. The van der Waals surface area contributed by atoms with Gasteiger partial charge in [0.25, 0.3) is 0 Å². The van der Waals surface area contributed by atoms with E-state index in [2.05, 4.69) is 44.0 Å². The van der Waals surface area contributed by atoms with Crippen LogP contribution in [0.1, 0.15) is 77.3 Å². The number of nitrogens with one attached hydrogen (secondary N) is 1.